The van der Waals surface area contributed by atoms with E-state index in [4.69, 9.17) is 10.6 Å². The summed E-state index contributed by atoms with van der Waals surface area (Å²) in [4.78, 5) is 29.6. The molecule has 1 aromatic heterocycles. The number of aliphatic carboxylic acids is 1. The van der Waals surface area contributed by atoms with Gasteiger partial charge in [-0.15, -0.1) is 0 Å². The second-order valence-electron chi connectivity index (χ2n) is 8.73. The predicted octanol–water partition coefficient (Wildman–Crippen LogP) is 2.76. The van der Waals surface area contributed by atoms with Gasteiger partial charge in [-0.2, -0.15) is 0 Å². The van der Waals surface area contributed by atoms with E-state index in [0.717, 1.165) is 5.56 Å². The standard InChI is InChI=1S/C28H28N4O6S/c29-32(26(33)22-12-6-2-7-13-22)27(25(28(34)35)39(36,37)24-14-8-3-9-15-24)38-17-16-23-19-31(20-30-23)18-21-10-4-1-5-11-21/h1-15,19-20,25,27H,16-18,29H2,(H,34,35)/t25-,27?/m0/s1. The van der Waals surface area contributed by atoms with Crippen molar-refractivity contribution in [1.29, 1.82) is 0 Å². The van der Waals surface area contributed by atoms with E-state index in [1.165, 1.54) is 36.4 Å². The first-order chi connectivity index (χ1) is 18.8. The Bertz CT molecular complexity index is 1490. The van der Waals surface area contributed by atoms with Crippen LogP contribution in [0.25, 0.3) is 0 Å². The van der Waals surface area contributed by atoms with Crippen molar-refractivity contribution in [3.05, 3.63) is 120 Å². The third-order valence-corrected chi connectivity index (χ3v) is 8.01. The molecule has 0 radical (unpaired) electrons. The maximum Gasteiger partial charge on any atom is 0.327 e. The Morgan fingerprint density at radius 2 is 1.54 bits per heavy atom. The Labute approximate surface area is 226 Å². The number of benzene rings is 3. The van der Waals surface area contributed by atoms with Crippen LogP contribution in [0.3, 0.4) is 0 Å². The summed E-state index contributed by atoms with van der Waals surface area (Å²) in [5.41, 5.74) is 1.88. The van der Waals surface area contributed by atoms with Crippen LogP contribution in [0, 0.1) is 0 Å². The minimum absolute atomic E-state index is 0.142. The quantitative estimate of drug-likeness (QED) is 0.119. The number of nitrogens with zero attached hydrogens (tertiary/aromatic N) is 3. The molecule has 3 N–H and O–H groups in total. The number of ether oxygens (including phenoxy) is 1. The van der Waals surface area contributed by atoms with Gasteiger partial charge in [-0.3, -0.25) is 9.59 Å². The van der Waals surface area contributed by atoms with Crippen LogP contribution >= 0.6 is 0 Å². The van der Waals surface area contributed by atoms with Crippen molar-refractivity contribution in [2.45, 2.75) is 29.3 Å². The molecule has 0 spiro atoms. The molecule has 1 unspecified atom stereocenters. The highest BCUT2D eigenvalue weighted by Gasteiger charge is 2.45. The van der Waals surface area contributed by atoms with E-state index in [2.05, 4.69) is 4.98 Å². The number of hydrogen-bond acceptors (Lipinski definition) is 7. The fourth-order valence-electron chi connectivity index (χ4n) is 4.02. The molecular weight excluding hydrogens is 520 g/mol. The van der Waals surface area contributed by atoms with E-state index in [0.29, 0.717) is 17.2 Å². The summed E-state index contributed by atoms with van der Waals surface area (Å²) in [5.74, 6) is 3.60. The van der Waals surface area contributed by atoms with Gasteiger partial charge in [-0.25, -0.2) is 24.3 Å². The largest absolute Gasteiger partial charge is 0.480 e. The molecule has 1 amide bonds. The fourth-order valence-corrected chi connectivity index (χ4v) is 5.64. The summed E-state index contributed by atoms with van der Waals surface area (Å²) >= 11 is 0. The molecule has 0 fully saturated rings. The molecule has 202 valence electrons. The number of carboxylic acid groups (broad SMARTS) is 1. The molecule has 39 heavy (non-hydrogen) atoms. The molecule has 2 atom stereocenters. The topological polar surface area (TPSA) is 145 Å². The first-order valence-electron chi connectivity index (χ1n) is 12.1. The predicted molar refractivity (Wildman–Crippen MR) is 143 cm³/mol. The molecule has 11 heteroatoms. The van der Waals surface area contributed by atoms with Crippen molar-refractivity contribution in [3.8, 4) is 0 Å². The molecule has 4 aromatic rings. The van der Waals surface area contributed by atoms with E-state index < -0.39 is 33.2 Å². The van der Waals surface area contributed by atoms with Crippen molar-refractivity contribution in [2.75, 3.05) is 6.61 Å². The maximum absolute atomic E-state index is 13.4. The van der Waals surface area contributed by atoms with Crippen LogP contribution in [0.5, 0.6) is 0 Å². The van der Waals surface area contributed by atoms with Gasteiger partial charge in [-0.1, -0.05) is 66.7 Å². The van der Waals surface area contributed by atoms with Gasteiger partial charge >= 0.3 is 5.97 Å². The number of hydrogen-bond donors (Lipinski definition) is 2. The van der Waals surface area contributed by atoms with E-state index in [-0.39, 0.29) is 23.5 Å². The minimum Gasteiger partial charge on any atom is -0.480 e. The van der Waals surface area contributed by atoms with E-state index in [1.54, 1.807) is 30.6 Å². The van der Waals surface area contributed by atoms with Crippen molar-refractivity contribution in [2.24, 2.45) is 5.84 Å². The van der Waals surface area contributed by atoms with E-state index in [1.807, 2.05) is 41.1 Å². The minimum atomic E-state index is -4.50. The first-order valence-corrected chi connectivity index (χ1v) is 13.6. The number of sulfone groups is 1. The third kappa shape index (κ3) is 6.77. The van der Waals surface area contributed by atoms with Gasteiger partial charge in [0.1, 0.15) is 0 Å². The van der Waals surface area contributed by atoms with E-state index in [9.17, 15) is 23.1 Å². The maximum atomic E-state index is 13.4. The summed E-state index contributed by atoms with van der Waals surface area (Å²) < 4.78 is 34.5. The van der Waals surface area contributed by atoms with Gasteiger partial charge in [0.2, 0.25) is 5.25 Å². The highest BCUT2D eigenvalue weighted by Crippen LogP contribution is 2.23. The molecular formula is C28H28N4O6S. The summed E-state index contributed by atoms with van der Waals surface area (Å²) in [6.45, 7) is 0.465. The highest BCUT2D eigenvalue weighted by atomic mass is 32.2. The number of nitrogens with two attached hydrogens (primary N) is 1. The van der Waals surface area contributed by atoms with Crippen LogP contribution < -0.4 is 5.84 Å². The number of rotatable bonds is 12. The summed E-state index contributed by atoms with van der Waals surface area (Å²) in [5, 5.41) is 8.38. The number of aromatic nitrogens is 2. The average Bonchev–Trinajstić information content (AvgIpc) is 3.39. The number of amides is 1. The Morgan fingerprint density at radius 1 is 0.949 bits per heavy atom. The van der Waals surface area contributed by atoms with Gasteiger partial charge < -0.3 is 14.4 Å². The van der Waals surface area contributed by atoms with Gasteiger partial charge in [0.05, 0.1) is 23.5 Å². The van der Waals surface area contributed by atoms with Gasteiger partial charge in [0, 0.05) is 24.7 Å². The normalized spacial score (nSPS) is 12.9. The lowest BCUT2D eigenvalue weighted by Gasteiger charge is -2.31. The highest BCUT2D eigenvalue weighted by molar-refractivity contribution is 7.92. The first kappa shape index (κ1) is 27.7. The van der Waals surface area contributed by atoms with Crippen LogP contribution in [0.1, 0.15) is 21.6 Å². The van der Waals surface area contributed by atoms with Gasteiger partial charge in [-0.05, 0) is 29.8 Å². The zero-order valence-electron chi connectivity index (χ0n) is 20.9. The second kappa shape index (κ2) is 12.5. The average molecular weight is 549 g/mol. The van der Waals surface area contributed by atoms with Gasteiger partial charge in [0.15, 0.2) is 16.1 Å². The number of carboxylic acids is 1. The van der Waals surface area contributed by atoms with Gasteiger partial charge in [0.25, 0.3) is 5.91 Å². The molecule has 0 aliphatic carbocycles. The number of carbonyl (C=O) groups excluding carboxylic acids is 1. The number of hydrazine groups is 1. The molecule has 0 aliphatic heterocycles. The Hall–Kier alpha value is -4.32. The SMILES string of the molecule is NN(C(=O)c1ccccc1)C(OCCc1cn(Cc2ccccc2)cn1)[C@@H](C(=O)O)S(=O)(=O)c1ccccc1. The van der Waals surface area contributed by atoms with Crippen LogP contribution in [0.2, 0.25) is 0 Å². The molecule has 0 aliphatic rings. The third-order valence-electron chi connectivity index (χ3n) is 5.98. The number of imidazole rings is 1. The lowest BCUT2D eigenvalue weighted by molar-refractivity contribution is -0.143. The summed E-state index contributed by atoms with van der Waals surface area (Å²) in [6.07, 6.45) is 1.87. The smallest absolute Gasteiger partial charge is 0.327 e. The Kier molecular flexibility index (Phi) is 8.87. The fraction of sp³-hybridized carbons (Fsp3) is 0.179. The number of carbonyl (C=O) groups is 2. The Morgan fingerprint density at radius 3 is 2.15 bits per heavy atom. The summed E-state index contributed by atoms with van der Waals surface area (Å²) in [6, 6.07) is 24.8. The van der Waals surface area contributed by atoms with Crippen molar-refractivity contribution in [1.82, 2.24) is 14.6 Å². The van der Waals surface area contributed by atoms with Crippen LogP contribution in [-0.2, 0) is 32.3 Å². The van der Waals surface area contributed by atoms with Crippen molar-refractivity contribution < 1.29 is 27.9 Å². The molecule has 0 bridgehead atoms. The van der Waals surface area contributed by atoms with E-state index >= 15 is 0 Å². The molecule has 10 nitrogen and oxygen atoms in total. The molecule has 0 saturated heterocycles. The lowest BCUT2D eigenvalue weighted by atomic mass is 10.2. The zero-order valence-corrected chi connectivity index (χ0v) is 21.7. The van der Waals surface area contributed by atoms with Crippen molar-refractivity contribution >= 4 is 21.7 Å². The molecule has 3 aromatic carbocycles. The van der Waals surface area contributed by atoms with Crippen LogP contribution in [0.4, 0.5) is 0 Å². The molecule has 0 saturated carbocycles. The molecule has 1 heterocycles. The molecule has 4 rings (SSSR count). The van der Waals surface area contributed by atoms with Crippen LogP contribution in [0.15, 0.2) is 108 Å². The zero-order chi connectivity index (χ0) is 27.8. The lowest BCUT2D eigenvalue weighted by Crippen LogP contribution is -2.57. The Balaban J connectivity index is 1.56. The monoisotopic (exact) mass is 548 g/mol. The second-order valence-corrected chi connectivity index (χ2v) is 10.8. The summed E-state index contributed by atoms with van der Waals surface area (Å²) in [7, 11) is -4.50. The van der Waals surface area contributed by atoms with Crippen molar-refractivity contribution in [3.63, 3.8) is 0 Å². The van der Waals surface area contributed by atoms with Crippen LogP contribution in [-0.4, -0.2) is 58.0 Å².